The third-order valence-electron chi connectivity index (χ3n) is 6.13. The van der Waals surface area contributed by atoms with Crippen molar-refractivity contribution >= 4 is 33.1 Å². The van der Waals surface area contributed by atoms with Gasteiger partial charge < -0.3 is 10.1 Å². The van der Waals surface area contributed by atoms with E-state index in [0.717, 1.165) is 5.56 Å². The van der Waals surface area contributed by atoms with Crippen molar-refractivity contribution < 1.29 is 22.7 Å². The van der Waals surface area contributed by atoms with Gasteiger partial charge in [0.1, 0.15) is 5.75 Å². The molecule has 1 amide bonds. The molecule has 1 N–H and O–H groups in total. The number of hydrogen-bond acceptors (Lipinski definition) is 5. The molecule has 3 aromatic rings. The minimum absolute atomic E-state index is 0.0144. The molecule has 3 aromatic carbocycles. The smallest absolute Gasteiger partial charge is 0.267 e. The van der Waals surface area contributed by atoms with E-state index in [1.54, 1.807) is 55.5 Å². The number of para-hydroxylation sites is 2. The first-order chi connectivity index (χ1) is 17.0. The SMILES string of the molecule is CCS(=O)(=O)N1C[C@H](C(=O)Nc2cccc(C(=O)c3ccc(C(C)(C)C)cc3)c2)Oc2ccccc21. The van der Waals surface area contributed by atoms with Gasteiger partial charge in [-0.2, -0.15) is 0 Å². The molecule has 1 aliphatic rings. The zero-order chi connectivity index (χ0) is 26.1. The van der Waals surface area contributed by atoms with Crippen LogP contribution >= 0.6 is 0 Å². The molecule has 0 unspecified atom stereocenters. The predicted molar refractivity (Wildman–Crippen MR) is 141 cm³/mol. The Morgan fingerprint density at radius 2 is 1.67 bits per heavy atom. The lowest BCUT2D eigenvalue weighted by Crippen LogP contribution is -2.49. The highest BCUT2D eigenvalue weighted by Crippen LogP contribution is 2.35. The average molecular weight is 507 g/mol. The first-order valence-electron chi connectivity index (χ1n) is 11.8. The van der Waals surface area contributed by atoms with Gasteiger partial charge >= 0.3 is 0 Å². The third-order valence-corrected chi connectivity index (χ3v) is 7.88. The van der Waals surface area contributed by atoms with E-state index in [9.17, 15) is 18.0 Å². The van der Waals surface area contributed by atoms with Crippen LogP contribution in [-0.4, -0.2) is 38.5 Å². The molecule has 0 spiro atoms. The number of ketones is 1. The van der Waals surface area contributed by atoms with Crippen LogP contribution in [0.4, 0.5) is 11.4 Å². The molecule has 8 heteroatoms. The van der Waals surface area contributed by atoms with E-state index in [1.165, 1.54) is 4.31 Å². The summed E-state index contributed by atoms with van der Waals surface area (Å²) in [5.41, 5.74) is 2.94. The van der Waals surface area contributed by atoms with Crippen molar-refractivity contribution in [1.29, 1.82) is 0 Å². The molecule has 188 valence electrons. The highest BCUT2D eigenvalue weighted by molar-refractivity contribution is 7.92. The van der Waals surface area contributed by atoms with E-state index in [2.05, 4.69) is 26.1 Å². The Labute approximate surface area is 212 Å². The number of fused-ring (bicyclic) bond motifs is 1. The highest BCUT2D eigenvalue weighted by atomic mass is 32.2. The number of benzene rings is 3. The fraction of sp³-hybridized carbons (Fsp3) is 0.286. The number of rotatable bonds is 6. The molecule has 1 aliphatic heterocycles. The number of ether oxygens (including phenoxy) is 1. The van der Waals surface area contributed by atoms with Crippen LogP contribution in [0.25, 0.3) is 0 Å². The zero-order valence-electron chi connectivity index (χ0n) is 20.8. The summed E-state index contributed by atoms with van der Waals surface area (Å²) >= 11 is 0. The minimum Gasteiger partial charge on any atom is -0.476 e. The minimum atomic E-state index is -3.61. The van der Waals surface area contributed by atoms with Gasteiger partial charge in [-0.15, -0.1) is 0 Å². The number of hydrogen-bond donors (Lipinski definition) is 1. The van der Waals surface area contributed by atoms with Crippen LogP contribution in [0.2, 0.25) is 0 Å². The van der Waals surface area contributed by atoms with Gasteiger partial charge in [0, 0.05) is 16.8 Å². The summed E-state index contributed by atoms with van der Waals surface area (Å²) in [5, 5.41) is 2.77. The Bertz CT molecular complexity index is 1390. The van der Waals surface area contributed by atoms with Crippen LogP contribution in [0, 0.1) is 0 Å². The van der Waals surface area contributed by atoms with Gasteiger partial charge in [0.25, 0.3) is 5.91 Å². The maximum atomic E-state index is 13.1. The van der Waals surface area contributed by atoms with Crippen LogP contribution < -0.4 is 14.4 Å². The lowest BCUT2D eigenvalue weighted by atomic mass is 9.86. The van der Waals surface area contributed by atoms with Gasteiger partial charge in [0.2, 0.25) is 10.0 Å². The van der Waals surface area contributed by atoms with E-state index < -0.39 is 22.0 Å². The molecule has 0 fully saturated rings. The summed E-state index contributed by atoms with van der Waals surface area (Å²) in [4.78, 5) is 26.1. The highest BCUT2D eigenvalue weighted by Gasteiger charge is 2.36. The Morgan fingerprint density at radius 1 is 0.972 bits per heavy atom. The Kier molecular flexibility index (Phi) is 6.91. The Balaban J connectivity index is 1.52. The standard InChI is InChI=1S/C28H30N2O5S/c1-5-36(33,34)30-18-25(35-24-12-7-6-11-23(24)30)27(32)29-22-10-8-9-20(17-22)26(31)19-13-15-21(16-14-19)28(2,3)4/h6-17,25H,5,18H2,1-4H3,(H,29,32)/t25-/m1/s1. The summed E-state index contributed by atoms with van der Waals surface area (Å²) in [7, 11) is -3.61. The average Bonchev–Trinajstić information content (AvgIpc) is 2.87. The normalized spacial score (nSPS) is 15.6. The molecule has 4 rings (SSSR count). The molecular weight excluding hydrogens is 476 g/mol. The molecule has 0 aromatic heterocycles. The second kappa shape index (κ2) is 9.78. The van der Waals surface area contributed by atoms with E-state index in [-0.39, 0.29) is 23.5 Å². The molecule has 0 bridgehead atoms. The van der Waals surface area contributed by atoms with Crippen molar-refractivity contribution in [1.82, 2.24) is 0 Å². The predicted octanol–water partition coefficient (Wildman–Crippen LogP) is 4.77. The van der Waals surface area contributed by atoms with Gasteiger partial charge in [-0.05, 0) is 42.2 Å². The summed E-state index contributed by atoms with van der Waals surface area (Å²) in [6, 6.07) is 20.9. The number of carbonyl (C=O) groups excluding carboxylic acids is 2. The van der Waals surface area contributed by atoms with Crippen LogP contribution in [0.15, 0.2) is 72.8 Å². The van der Waals surface area contributed by atoms with Crippen LogP contribution in [0.1, 0.15) is 49.2 Å². The third kappa shape index (κ3) is 5.28. The lowest BCUT2D eigenvalue weighted by Gasteiger charge is -2.34. The quantitative estimate of drug-likeness (QED) is 0.486. The van der Waals surface area contributed by atoms with Crippen LogP contribution in [-0.2, 0) is 20.2 Å². The number of carbonyl (C=O) groups is 2. The second-order valence-electron chi connectivity index (χ2n) is 9.73. The fourth-order valence-electron chi connectivity index (χ4n) is 4.01. The molecule has 1 atom stereocenters. The van der Waals surface area contributed by atoms with Gasteiger partial charge in [0.15, 0.2) is 11.9 Å². The summed E-state index contributed by atoms with van der Waals surface area (Å²) in [6.45, 7) is 7.75. The van der Waals surface area contributed by atoms with Crippen molar-refractivity contribution in [2.24, 2.45) is 0 Å². The van der Waals surface area contributed by atoms with Gasteiger partial charge in [0.05, 0.1) is 18.0 Å². The first-order valence-corrected chi connectivity index (χ1v) is 13.4. The van der Waals surface area contributed by atoms with E-state index >= 15 is 0 Å². The van der Waals surface area contributed by atoms with Gasteiger partial charge in [-0.25, -0.2) is 8.42 Å². The summed E-state index contributed by atoms with van der Waals surface area (Å²) in [5.74, 6) is -0.436. The Morgan fingerprint density at radius 3 is 2.33 bits per heavy atom. The number of amides is 1. The molecule has 36 heavy (non-hydrogen) atoms. The lowest BCUT2D eigenvalue weighted by molar-refractivity contribution is -0.122. The molecule has 0 saturated carbocycles. The number of sulfonamides is 1. The molecule has 7 nitrogen and oxygen atoms in total. The van der Waals surface area contributed by atoms with Gasteiger partial charge in [-0.1, -0.05) is 69.3 Å². The largest absolute Gasteiger partial charge is 0.476 e. The van der Waals surface area contributed by atoms with E-state index in [1.807, 2.05) is 24.3 Å². The van der Waals surface area contributed by atoms with Gasteiger partial charge in [-0.3, -0.25) is 13.9 Å². The van der Waals surface area contributed by atoms with Crippen molar-refractivity contribution in [3.63, 3.8) is 0 Å². The number of nitrogens with zero attached hydrogens (tertiary/aromatic N) is 1. The second-order valence-corrected chi connectivity index (χ2v) is 11.9. The fourth-order valence-corrected chi connectivity index (χ4v) is 5.13. The molecule has 1 heterocycles. The van der Waals surface area contributed by atoms with Crippen LogP contribution in [0.5, 0.6) is 5.75 Å². The maximum Gasteiger partial charge on any atom is 0.267 e. The van der Waals surface area contributed by atoms with E-state index in [0.29, 0.717) is 28.3 Å². The molecule has 0 radical (unpaired) electrons. The molecular formula is C28H30N2O5S. The Hall–Kier alpha value is -3.65. The summed E-state index contributed by atoms with van der Waals surface area (Å²) in [6.07, 6.45) is -1.05. The maximum absolute atomic E-state index is 13.1. The monoisotopic (exact) mass is 506 g/mol. The summed E-state index contributed by atoms with van der Waals surface area (Å²) < 4.78 is 32.4. The van der Waals surface area contributed by atoms with Crippen LogP contribution in [0.3, 0.4) is 0 Å². The van der Waals surface area contributed by atoms with Crippen molar-refractivity contribution in [2.45, 2.75) is 39.2 Å². The topological polar surface area (TPSA) is 92.8 Å². The zero-order valence-corrected chi connectivity index (χ0v) is 21.6. The molecule has 0 aliphatic carbocycles. The molecule has 0 saturated heterocycles. The van der Waals surface area contributed by atoms with E-state index in [4.69, 9.17) is 4.74 Å². The first kappa shape index (κ1) is 25.4. The number of nitrogens with one attached hydrogen (secondary N) is 1. The van der Waals surface area contributed by atoms with Crippen molar-refractivity contribution in [3.8, 4) is 5.75 Å². The number of anilines is 2. The van der Waals surface area contributed by atoms with Crippen molar-refractivity contribution in [2.75, 3.05) is 21.9 Å². The van der Waals surface area contributed by atoms with Crippen molar-refractivity contribution in [3.05, 3.63) is 89.5 Å².